The molecule has 2 aliphatic rings. The van der Waals surface area contributed by atoms with E-state index in [1.165, 1.54) is 5.56 Å². The maximum Gasteiger partial charge on any atom is 0.276 e. The highest BCUT2D eigenvalue weighted by atomic mass is 16.5. The average Bonchev–Trinajstić information content (AvgIpc) is 2.91. The Hall–Kier alpha value is -3.46. The van der Waals surface area contributed by atoms with Crippen LogP contribution >= 0.6 is 0 Å². The van der Waals surface area contributed by atoms with Gasteiger partial charge in [-0.25, -0.2) is 4.98 Å². The van der Waals surface area contributed by atoms with Crippen LogP contribution < -0.4 is 16.8 Å². The molecule has 2 aliphatic heterocycles. The SMILES string of the molecule is C=C/C(NC(=O)c1nc(-c2cccc(CN3CCOCC3)c2)ccc1N)=C(\C=C/C)N1CCC[C@H](N)C1. The Labute approximate surface area is 219 Å². The van der Waals surface area contributed by atoms with Crippen molar-refractivity contribution in [2.45, 2.75) is 32.4 Å². The fourth-order valence-electron chi connectivity index (χ4n) is 4.81. The number of likely N-dealkylation sites (tertiary alicyclic amines) is 1. The van der Waals surface area contributed by atoms with Gasteiger partial charge in [0.15, 0.2) is 5.69 Å². The van der Waals surface area contributed by atoms with Crippen LogP contribution in [0.3, 0.4) is 0 Å². The second kappa shape index (κ2) is 12.7. The Bertz CT molecular complexity index is 1170. The monoisotopic (exact) mass is 502 g/mol. The van der Waals surface area contributed by atoms with E-state index in [0.717, 1.165) is 70.0 Å². The number of carbonyl (C=O) groups is 1. The van der Waals surface area contributed by atoms with Crippen molar-refractivity contribution < 1.29 is 9.53 Å². The minimum atomic E-state index is -0.373. The van der Waals surface area contributed by atoms with Gasteiger partial charge in [-0.05, 0) is 55.7 Å². The molecule has 8 nitrogen and oxygen atoms in total. The molecule has 0 spiro atoms. The zero-order valence-electron chi connectivity index (χ0n) is 21.7. The third-order valence-corrected chi connectivity index (χ3v) is 6.73. The van der Waals surface area contributed by atoms with Crippen molar-refractivity contribution in [3.8, 4) is 11.3 Å². The maximum atomic E-state index is 13.4. The number of piperidine rings is 1. The highest BCUT2D eigenvalue weighted by Gasteiger charge is 2.21. The topological polar surface area (TPSA) is 110 Å². The van der Waals surface area contributed by atoms with Gasteiger partial charge in [0.05, 0.1) is 36.0 Å². The van der Waals surface area contributed by atoms with E-state index in [2.05, 4.69) is 38.8 Å². The van der Waals surface area contributed by atoms with E-state index < -0.39 is 0 Å². The van der Waals surface area contributed by atoms with Gasteiger partial charge in [0.1, 0.15) is 0 Å². The largest absolute Gasteiger partial charge is 0.397 e. The highest BCUT2D eigenvalue weighted by molar-refractivity contribution is 5.99. The molecule has 3 heterocycles. The first-order chi connectivity index (χ1) is 18.0. The van der Waals surface area contributed by atoms with E-state index in [1.807, 2.05) is 37.3 Å². The number of hydrogen-bond acceptors (Lipinski definition) is 7. The molecule has 0 bridgehead atoms. The van der Waals surface area contributed by atoms with Crippen LogP contribution in [-0.4, -0.2) is 66.1 Å². The normalized spacial score (nSPS) is 19.5. The summed E-state index contributed by atoms with van der Waals surface area (Å²) in [5.41, 5.74) is 17.2. The van der Waals surface area contributed by atoms with Crippen molar-refractivity contribution in [2.24, 2.45) is 5.73 Å². The summed E-state index contributed by atoms with van der Waals surface area (Å²) in [5.74, 6) is -0.373. The molecule has 0 aliphatic carbocycles. The van der Waals surface area contributed by atoms with Gasteiger partial charge in [-0.2, -0.15) is 0 Å². The third-order valence-electron chi connectivity index (χ3n) is 6.73. The Morgan fingerprint density at radius 3 is 2.78 bits per heavy atom. The lowest BCUT2D eigenvalue weighted by atomic mass is 10.0. The molecule has 1 aromatic carbocycles. The molecule has 0 unspecified atom stereocenters. The van der Waals surface area contributed by atoms with Gasteiger partial charge in [0.2, 0.25) is 0 Å². The number of allylic oxidation sites excluding steroid dienone is 3. The second-order valence-electron chi connectivity index (χ2n) is 9.53. The van der Waals surface area contributed by atoms with E-state index in [0.29, 0.717) is 17.1 Å². The third kappa shape index (κ3) is 6.85. The molecule has 1 aromatic heterocycles. The van der Waals surface area contributed by atoms with Crippen LogP contribution in [0.15, 0.2) is 72.6 Å². The Morgan fingerprint density at radius 2 is 2.05 bits per heavy atom. The van der Waals surface area contributed by atoms with Crippen LogP contribution in [-0.2, 0) is 11.3 Å². The quantitative estimate of drug-likeness (QED) is 0.475. The molecule has 4 rings (SSSR count). The average molecular weight is 503 g/mol. The Kier molecular flexibility index (Phi) is 9.11. The summed E-state index contributed by atoms with van der Waals surface area (Å²) in [5, 5.41) is 2.99. The van der Waals surface area contributed by atoms with Crippen molar-refractivity contribution in [3.05, 3.63) is 83.9 Å². The number of anilines is 1. The van der Waals surface area contributed by atoms with Crippen molar-refractivity contribution in [2.75, 3.05) is 45.1 Å². The van der Waals surface area contributed by atoms with Crippen LogP contribution in [0, 0.1) is 0 Å². The standard InChI is InChI=1S/C29H38N6O2/c1-3-7-27(35-13-6-10-23(30)20-35)25(4-2)33-29(36)28-24(31)11-12-26(32-28)22-9-5-8-21(18-22)19-34-14-16-37-17-15-34/h3-5,7-9,11-12,18,23H,2,6,10,13-17,19-20,30-31H2,1H3,(H,33,36)/b7-3-,27-25-/t23-/m0/s1. The second-order valence-corrected chi connectivity index (χ2v) is 9.53. The lowest BCUT2D eigenvalue weighted by molar-refractivity contribution is 0.0342. The number of nitrogens with one attached hydrogen (secondary N) is 1. The van der Waals surface area contributed by atoms with Crippen LogP contribution in [0.1, 0.15) is 35.8 Å². The molecule has 196 valence electrons. The molecule has 8 heteroatoms. The first kappa shape index (κ1) is 26.6. The molecule has 0 saturated carbocycles. The number of nitrogens with two attached hydrogens (primary N) is 2. The van der Waals surface area contributed by atoms with Crippen LogP contribution in [0.4, 0.5) is 5.69 Å². The number of rotatable bonds is 8. The minimum Gasteiger partial charge on any atom is -0.397 e. The van der Waals surface area contributed by atoms with Crippen molar-refractivity contribution in [1.82, 2.24) is 20.1 Å². The van der Waals surface area contributed by atoms with Gasteiger partial charge in [0.25, 0.3) is 5.91 Å². The van der Waals surface area contributed by atoms with Gasteiger partial charge in [-0.3, -0.25) is 9.69 Å². The molecule has 5 N–H and O–H groups in total. The van der Waals surface area contributed by atoms with Gasteiger partial charge in [-0.15, -0.1) is 0 Å². The maximum absolute atomic E-state index is 13.4. The molecular weight excluding hydrogens is 464 g/mol. The van der Waals surface area contributed by atoms with E-state index in [4.69, 9.17) is 16.2 Å². The predicted octanol–water partition coefficient (Wildman–Crippen LogP) is 3.29. The molecule has 37 heavy (non-hydrogen) atoms. The van der Waals surface area contributed by atoms with Crippen molar-refractivity contribution >= 4 is 11.6 Å². The summed E-state index contributed by atoms with van der Waals surface area (Å²) in [6.45, 7) is 11.7. The molecule has 0 radical (unpaired) electrons. The molecule has 1 atom stereocenters. The first-order valence-electron chi connectivity index (χ1n) is 13.0. The summed E-state index contributed by atoms with van der Waals surface area (Å²) < 4.78 is 5.46. The van der Waals surface area contributed by atoms with Gasteiger partial charge in [-0.1, -0.05) is 30.9 Å². The smallest absolute Gasteiger partial charge is 0.276 e. The number of carbonyl (C=O) groups excluding carboxylic acids is 1. The highest BCUT2D eigenvalue weighted by Crippen LogP contribution is 2.23. The summed E-state index contributed by atoms with van der Waals surface area (Å²) >= 11 is 0. The zero-order chi connectivity index (χ0) is 26.2. The number of morpholine rings is 1. The van der Waals surface area contributed by atoms with E-state index in [1.54, 1.807) is 12.1 Å². The lowest BCUT2D eigenvalue weighted by Crippen LogP contribution is -2.43. The summed E-state index contributed by atoms with van der Waals surface area (Å²) in [4.78, 5) is 22.6. The number of nitrogens with zero attached hydrogens (tertiary/aromatic N) is 3. The Morgan fingerprint density at radius 1 is 1.24 bits per heavy atom. The summed E-state index contributed by atoms with van der Waals surface area (Å²) in [6.07, 6.45) is 7.57. The van der Waals surface area contributed by atoms with E-state index >= 15 is 0 Å². The number of nitrogen functional groups attached to an aromatic ring is 1. The van der Waals surface area contributed by atoms with Crippen LogP contribution in [0.25, 0.3) is 11.3 Å². The molecule has 2 fully saturated rings. The zero-order valence-corrected chi connectivity index (χ0v) is 21.7. The first-order valence-corrected chi connectivity index (χ1v) is 13.0. The number of hydrogen-bond donors (Lipinski definition) is 3. The fourth-order valence-corrected chi connectivity index (χ4v) is 4.81. The van der Waals surface area contributed by atoms with Gasteiger partial charge < -0.3 is 26.4 Å². The van der Waals surface area contributed by atoms with Gasteiger partial charge >= 0.3 is 0 Å². The fraction of sp³-hybridized carbons (Fsp3) is 0.379. The predicted molar refractivity (Wildman–Crippen MR) is 148 cm³/mol. The van der Waals surface area contributed by atoms with E-state index in [-0.39, 0.29) is 17.6 Å². The number of pyridine rings is 1. The van der Waals surface area contributed by atoms with Crippen molar-refractivity contribution in [3.63, 3.8) is 0 Å². The summed E-state index contributed by atoms with van der Waals surface area (Å²) in [6, 6.07) is 11.9. The Balaban J connectivity index is 1.57. The molecule has 2 aromatic rings. The number of benzene rings is 1. The lowest BCUT2D eigenvalue weighted by Gasteiger charge is -2.34. The summed E-state index contributed by atoms with van der Waals surface area (Å²) in [7, 11) is 0. The van der Waals surface area contributed by atoms with Gasteiger partial charge in [0, 0.05) is 44.3 Å². The minimum absolute atomic E-state index is 0.101. The molecule has 1 amide bonds. The molecular formula is C29H38N6O2. The van der Waals surface area contributed by atoms with E-state index in [9.17, 15) is 4.79 Å². The number of amides is 1. The number of aromatic nitrogens is 1. The molecule has 2 saturated heterocycles. The number of ether oxygens (including phenoxy) is 1. The van der Waals surface area contributed by atoms with Crippen LogP contribution in [0.5, 0.6) is 0 Å². The van der Waals surface area contributed by atoms with Crippen molar-refractivity contribution in [1.29, 1.82) is 0 Å². The van der Waals surface area contributed by atoms with Crippen LogP contribution in [0.2, 0.25) is 0 Å².